The zero-order valence-corrected chi connectivity index (χ0v) is 17.6. The predicted octanol–water partition coefficient (Wildman–Crippen LogP) is 3.30. The SMILES string of the molecule is Cc1ccc(NC(=O)CSc2ncc(S(=O)(=O)c3cccs3)c(N)n2)c(C)c1. The maximum absolute atomic E-state index is 12.5. The second-order valence-electron chi connectivity index (χ2n) is 5.99. The highest BCUT2D eigenvalue weighted by atomic mass is 32.2. The molecule has 3 rings (SSSR count). The first-order valence-electron chi connectivity index (χ1n) is 8.18. The molecule has 1 amide bonds. The minimum Gasteiger partial charge on any atom is -0.382 e. The molecule has 0 aliphatic carbocycles. The zero-order chi connectivity index (χ0) is 20.3. The van der Waals surface area contributed by atoms with Crippen molar-refractivity contribution in [1.82, 2.24) is 9.97 Å². The van der Waals surface area contributed by atoms with E-state index in [-0.39, 0.29) is 31.7 Å². The lowest BCUT2D eigenvalue weighted by atomic mass is 10.1. The van der Waals surface area contributed by atoms with Crippen LogP contribution in [0, 0.1) is 13.8 Å². The van der Waals surface area contributed by atoms with Gasteiger partial charge < -0.3 is 11.1 Å². The maximum Gasteiger partial charge on any atom is 0.234 e. The lowest BCUT2D eigenvalue weighted by Gasteiger charge is -2.09. The number of hydrogen-bond acceptors (Lipinski definition) is 8. The number of sulfone groups is 1. The Kier molecular flexibility index (Phi) is 6.01. The highest BCUT2D eigenvalue weighted by Gasteiger charge is 2.23. The number of nitrogens with zero attached hydrogens (tertiary/aromatic N) is 2. The molecule has 0 atom stereocenters. The van der Waals surface area contributed by atoms with Crippen LogP contribution in [0.15, 0.2) is 56.2 Å². The fourth-order valence-corrected chi connectivity index (χ4v) is 5.44. The Morgan fingerprint density at radius 2 is 2.07 bits per heavy atom. The van der Waals surface area contributed by atoms with E-state index in [4.69, 9.17) is 5.73 Å². The fourth-order valence-electron chi connectivity index (χ4n) is 2.44. The summed E-state index contributed by atoms with van der Waals surface area (Å²) in [4.78, 5) is 20.1. The van der Waals surface area contributed by atoms with Crippen LogP contribution in [0.2, 0.25) is 0 Å². The number of aromatic nitrogens is 2. The van der Waals surface area contributed by atoms with E-state index in [0.717, 1.165) is 39.9 Å². The van der Waals surface area contributed by atoms with Crippen LogP contribution in [0.5, 0.6) is 0 Å². The number of carbonyl (C=O) groups excluding carboxylic acids is 1. The summed E-state index contributed by atoms with van der Waals surface area (Å²) in [7, 11) is -3.74. The van der Waals surface area contributed by atoms with Gasteiger partial charge in [-0.3, -0.25) is 4.79 Å². The Labute approximate surface area is 171 Å². The standard InChI is InChI=1S/C18H18N4O3S3/c1-11-5-6-13(12(2)8-11)21-15(23)10-27-18-20-9-14(17(19)22-18)28(24,25)16-4-3-7-26-16/h3-9H,10H2,1-2H3,(H,21,23)(H2,19,20,22). The van der Waals surface area contributed by atoms with E-state index < -0.39 is 9.84 Å². The van der Waals surface area contributed by atoms with Gasteiger partial charge in [-0.25, -0.2) is 18.4 Å². The van der Waals surface area contributed by atoms with Crippen molar-refractivity contribution in [2.75, 3.05) is 16.8 Å². The summed E-state index contributed by atoms with van der Waals surface area (Å²) >= 11 is 2.18. The Morgan fingerprint density at radius 3 is 2.71 bits per heavy atom. The van der Waals surface area contributed by atoms with E-state index in [1.54, 1.807) is 11.4 Å². The van der Waals surface area contributed by atoms with Crippen LogP contribution in [0.1, 0.15) is 11.1 Å². The number of rotatable bonds is 6. The zero-order valence-electron chi connectivity index (χ0n) is 15.2. The van der Waals surface area contributed by atoms with Gasteiger partial charge in [-0.15, -0.1) is 11.3 Å². The molecule has 0 bridgehead atoms. The third-order valence-corrected chi connectivity index (χ3v) is 7.83. The number of thioether (sulfide) groups is 1. The number of thiophene rings is 1. The number of nitrogen functional groups attached to an aromatic ring is 1. The number of nitrogens with two attached hydrogens (primary N) is 1. The van der Waals surface area contributed by atoms with Crippen LogP contribution >= 0.6 is 23.1 Å². The molecule has 2 aromatic heterocycles. The molecule has 7 nitrogen and oxygen atoms in total. The van der Waals surface area contributed by atoms with Crippen LogP contribution in [0.4, 0.5) is 11.5 Å². The molecule has 0 fully saturated rings. The van der Waals surface area contributed by atoms with E-state index in [0.29, 0.717) is 0 Å². The van der Waals surface area contributed by atoms with E-state index in [2.05, 4.69) is 15.3 Å². The van der Waals surface area contributed by atoms with Gasteiger partial charge in [0.1, 0.15) is 14.9 Å². The normalized spacial score (nSPS) is 11.4. The molecule has 3 N–H and O–H groups in total. The third-order valence-electron chi connectivity index (χ3n) is 3.80. The smallest absolute Gasteiger partial charge is 0.234 e. The number of benzene rings is 1. The maximum atomic E-state index is 12.5. The van der Waals surface area contributed by atoms with Gasteiger partial charge in [-0.05, 0) is 36.9 Å². The summed E-state index contributed by atoms with van der Waals surface area (Å²) in [5, 5.41) is 4.74. The molecule has 0 saturated heterocycles. The first kappa shape index (κ1) is 20.3. The van der Waals surface area contributed by atoms with Gasteiger partial charge >= 0.3 is 0 Å². The first-order valence-corrected chi connectivity index (χ1v) is 11.5. The van der Waals surface area contributed by atoms with E-state index in [1.165, 1.54) is 12.3 Å². The van der Waals surface area contributed by atoms with Crippen molar-refractivity contribution >= 4 is 50.3 Å². The largest absolute Gasteiger partial charge is 0.382 e. The second kappa shape index (κ2) is 8.29. The molecule has 28 heavy (non-hydrogen) atoms. The van der Waals surface area contributed by atoms with Crippen molar-refractivity contribution in [2.24, 2.45) is 0 Å². The van der Waals surface area contributed by atoms with Crippen molar-refractivity contribution in [1.29, 1.82) is 0 Å². The van der Waals surface area contributed by atoms with Gasteiger partial charge in [0.15, 0.2) is 5.16 Å². The fraction of sp³-hybridized carbons (Fsp3) is 0.167. The Morgan fingerprint density at radius 1 is 1.29 bits per heavy atom. The number of hydrogen-bond donors (Lipinski definition) is 2. The molecule has 3 aromatic rings. The lowest BCUT2D eigenvalue weighted by molar-refractivity contribution is -0.113. The highest BCUT2D eigenvalue weighted by molar-refractivity contribution is 7.99. The van der Waals surface area contributed by atoms with Gasteiger partial charge in [-0.2, -0.15) is 0 Å². The topological polar surface area (TPSA) is 115 Å². The minimum atomic E-state index is -3.74. The highest BCUT2D eigenvalue weighted by Crippen LogP contribution is 2.28. The predicted molar refractivity (Wildman–Crippen MR) is 111 cm³/mol. The molecule has 1 aromatic carbocycles. The average Bonchev–Trinajstić information content (AvgIpc) is 3.18. The monoisotopic (exact) mass is 434 g/mol. The molecule has 10 heteroatoms. The molecular weight excluding hydrogens is 416 g/mol. The van der Waals surface area contributed by atoms with E-state index in [9.17, 15) is 13.2 Å². The van der Waals surface area contributed by atoms with Crippen molar-refractivity contribution in [3.63, 3.8) is 0 Å². The molecule has 0 aliphatic heterocycles. The minimum absolute atomic E-state index is 0.0732. The van der Waals surface area contributed by atoms with Gasteiger partial charge in [0.05, 0.1) is 11.9 Å². The molecular formula is C18H18N4O3S3. The van der Waals surface area contributed by atoms with Crippen molar-refractivity contribution in [3.05, 3.63) is 53.0 Å². The van der Waals surface area contributed by atoms with Crippen LogP contribution in [-0.2, 0) is 14.6 Å². The summed E-state index contributed by atoms with van der Waals surface area (Å²) < 4.78 is 25.2. The second-order valence-corrected chi connectivity index (χ2v) is 10.0. The lowest BCUT2D eigenvalue weighted by Crippen LogP contribution is -2.15. The molecule has 0 unspecified atom stereocenters. The summed E-state index contributed by atoms with van der Waals surface area (Å²) in [6.45, 7) is 3.91. The Bertz CT molecular complexity index is 1110. The molecule has 2 heterocycles. The van der Waals surface area contributed by atoms with Crippen LogP contribution in [0.25, 0.3) is 0 Å². The molecule has 0 saturated carbocycles. The number of aryl methyl sites for hydroxylation is 2. The van der Waals surface area contributed by atoms with E-state index >= 15 is 0 Å². The summed E-state index contributed by atoms with van der Waals surface area (Å²) in [5.41, 5.74) is 8.67. The van der Waals surface area contributed by atoms with Crippen molar-refractivity contribution < 1.29 is 13.2 Å². The molecule has 146 valence electrons. The summed E-state index contributed by atoms with van der Waals surface area (Å²) in [6, 6.07) is 8.91. The van der Waals surface area contributed by atoms with E-state index in [1.807, 2.05) is 32.0 Å². The molecule has 0 radical (unpaired) electrons. The number of nitrogens with one attached hydrogen (secondary N) is 1. The van der Waals surface area contributed by atoms with Crippen LogP contribution in [0.3, 0.4) is 0 Å². The molecule has 0 spiro atoms. The quantitative estimate of drug-likeness (QED) is 0.452. The van der Waals surface area contributed by atoms with Gasteiger partial charge in [0.25, 0.3) is 0 Å². The van der Waals surface area contributed by atoms with Crippen LogP contribution < -0.4 is 11.1 Å². The molecule has 0 aliphatic rings. The summed E-state index contributed by atoms with van der Waals surface area (Å²) in [6.07, 6.45) is 1.18. The number of carbonyl (C=O) groups is 1. The number of anilines is 2. The summed E-state index contributed by atoms with van der Waals surface area (Å²) in [5.74, 6) is -0.279. The van der Waals surface area contributed by atoms with Gasteiger partial charge in [0, 0.05) is 5.69 Å². The third kappa shape index (κ3) is 4.51. The number of amides is 1. The van der Waals surface area contributed by atoms with Crippen molar-refractivity contribution in [2.45, 2.75) is 28.1 Å². The van der Waals surface area contributed by atoms with Gasteiger partial charge in [0.2, 0.25) is 15.7 Å². The van der Waals surface area contributed by atoms with Crippen LogP contribution in [-0.4, -0.2) is 30.0 Å². The Hall–Kier alpha value is -2.43. The van der Waals surface area contributed by atoms with Crippen molar-refractivity contribution in [3.8, 4) is 0 Å². The first-order chi connectivity index (χ1) is 13.3. The van der Waals surface area contributed by atoms with Gasteiger partial charge in [-0.1, -0.05) is 35.5 Å². The average molecular weight is 435 g/mol. The Balaban J connectivity index is 1.67.